The third-order valence-corrected chi connectivity index (χ3v) is 3.70. The van der Waals surface area contributed by atoms with Crippen LogP contribution in [0.5, 0.6) is 0 Å². The molecule has 2 aromatic carbocycles. The van der Waals surface area contributed by atoms with Gasteiger partial charge in [0.15, 0.2) is 0 Å². The molecule has 3 heteroatoms. The fourth-order valence-corrected chi connectivity index (χ4v) is 2.42. The summed E-state index contributed by atoms with van der Waals surface area (Å²) in [5.41, 5.74) is 1.96. The Labute approximate surface area is 127 Å². The number of halogens is 1. The first kappa shape index (κ1) is 14.1. The van der Waals surface area contributed by atoms with E-state index in [-0.39, 0.29) is 5.91 Å². The minimum atomic E-state index is -0.0127. The Morgan fingerprint density at radius 2 is 1.89 bits per heavy atom. The molecule has 1 atom stereocenters. The van der Waals surface area contributed by atoms with Gasteiger partial charge in [-0.3, -0.25) is 4.79 Å². The third kappa shape index (κ3) is 4.06. The second kappa shape index (κ2) is 6.70. The highest BCUT2D eigenvalue weighted by Crippen LogP contribution is 2.13. The average molecular weight is 365 g/mol. The standard InChI is InChI=1S/C16H16INO/c1-12(13-6-3-2-4-7-13)11-18-16(19)14-8-5-9-15(17)10-14/h2-10,12H,11H2,1H3,(H,18,19). The van der Waals surface area contributed by atoms with Crippen molar-refractivity contribution in [1.82, 2.24) is 5.32 Å². The summed E-state index contributed by atoms with van der Waals surface area (Å²) in [4.78, 5) is 12.0. The van der Waals surface area contributed by atoms with Crippen LogP contribution in [0.4, 0.5) is 0 Å². The molecule has 0 bridgehead atoms. The fourth-order valence-electron chi connectivity index (χ4n) is 1.88. The summed E-state index contributed by atoms with van der Waals surface area (Å²) >= 11 is 2.21. The molecule has 1 amide bonds. The van der Waals surface area contributed by atoms with Gasteiger partial charge in [-0.15, -0.1) is 0 Å². The van der Waals surface area contributed by atoms with Crippen LogP contribution >= 0.6 is 22.6 Å². The molecule has 1 N–H and O–H groups in total. The highest BCUT2D eigenvalue weighted by Gasteiger charge is 2.09. The summed E-state index contributed by atoms with van der Waals surface area (Å²) in [5.74, 6) is 0.300. The molecule has 19 heavy (non-hydrogen) atoms. The number of nitrogens with one attached hydrogen (secondary N) is 1. The van der Waals surface area contributed by atoms with Gasteiger partial charge < -0.3 is 5.32 Å². The van der Waals surface area contributed by atoms with Crippen LogP contribution in [-0.2, 0) is 0 Å². The molecule has 1 unspecified atom stereocenters. The van der Waals surface area contributed by atoms with E-state index in [0.29, 0.717) is 18.0 Å². The monoisotopic (exact) mass is 365 g/mol. The van der Waals surface area contributed by atoms with Crippen LogP contribution in [0.2, 0.25) is 0 Å². The highest BCUT2D eigenvalue weighted by atomic mass is 127. The topological polar surface area (TPSA) is 29.1 Å². The minimum absolute atomic E-state index is 0.0127. The number of rotatable bonds is 4. The van der Waals surface area contributed by atoms with Crippen molar-refractivity contribution in [2.75, 3.05) is 6.54 Å². The number of amides is 1. The minimum Gasteiger partial charge on any atom is -0.351 e. The van der Waals surface area contributed by atoms with Gasteiger partial charge >= 0.3 is 0 Å². The largest absolute Gasteiger partial charge is 0.351 e. The molecule has 0 aliphatic heterocycles. The molecule has 0 heterocycles. The van der Waals surface area contributed by atoms with E-state index in [1.54, 1.807) is 0 Å². The molecule has 0 saturated carbocycles. The van der Waals surface area contributed by atoms with Crippen molar-refractivity contribution >= 4 is 28.5 Å². The lowest BCUT2D eigenvalue weighted by Gasteiger charge is -2.13. The zero-order valence-electron chi connectivity index (χ0n) is 10.8. The van der Waals surface area contributed by atoms with Gasteiger partial charge in [-0.1, -0.05) is 43.3 Å². The van der Waals surface area contributed by atoms with Crippen molar-refractivity contribution in [1.29, 1.82) is 0 Å². The van der Waals surface area contributed by atoms with Crippen LogP contribution in [-0.4, -0.2) is 12.5 Å². The van der Waals surface area contributed by atoms with E-state index >= 15 is 0 Å². The van der Waals surface area contributed by atoms with Gasteiger partial charge in [0, 0.05) is 15.7 Å². The van der Waals surface area contributed by atoms with Gasteiger partial charge in [-0.2, -0.15) is 0 Å². The molecule has 0 saturated heterocycles. The SMILES string of the molecule is CC(CNC(=O)c1cccc(I)c1)c1ccccc1. The molecule has 98 valence electrons. The number of hydrogen-bond donors (Lipinski definition) is 1. The van der Waals surface area contributed by atoms with Crippen LogP contribution in [0.15, 0.2) is 54.6 Å². The van der Waals surface area contributed by atoms with Crippen molar-refractivity contribution in [2.45, 2.75) is 12.8 Å². The lowest BCUT2D eigenvalue weighted by atomic mass is 10.0. The summed E-state index contributed by atoms with van der Waals surface area (Å²) in [6, 6.07) is 17.8. The lowest BCUT2D eigenvalue weighted by molar-refractivity contribution is 0.0951. The van der Waals surface area contributed by atoms with Gasteiger partial charge in [-0.25, -0.2) is 0 Å². The second-order valence-corrected chi connectivity index (χ2v) is 5.78. The molecule has 0 radical (unpaired) electrons. The normalized spacial score (nSPS) is 11.9. The second-order valence-electron chi connectivity index (χ2n) is 4.53. The van der Waals surface area contributed by atoms with Crippen molar-refractivity contribution in [3.05, 3.63) is 69.3 Å². The summed E-state index contributed by atoms with van der Waals surface area (Å²) < 4.78 is 1.07. The maximum absolute atomic E-state index is 12.0. The van der Waals surface area contributed by atoms with Crippen LogP contribution in [0.1, 0.15) is 28.8 Å². The Morgan fingerprint density at radius 1 is 1.16 bits per heavy atom. The first-order chi connectivity index (χ1) is 9.16. The van der Waals surface area contributed by atoms with Gasteiger partial charge in [0.2, 0.25) is 0 Å². The number of benzene rings is 2. The van der Waals surface area contributed by atoms with E-state index in [1.165, 1.54) is 5.56 Å². The molecule has 0 aliphatic rings. The van der Waals surface area contributed by atoms with E-state index in [4.69, 9.17) is 0 Å². The first-order valence-corrected chi connectivity index (χ1v) is 7.33. The Balaban J connectivity index is 1.94. The maximum atomic E-state index is 12.0. The molecular formula is C16H16INO. The van der Waals surface area contributed by atoms with Crippen LogP contribution < -0.4 is 5.32 Å². The smallest absolute Gasteiger partial charge is 0.251 e. The molecule has 0 fully saturated rings. The molecule has 0 spiro atoms. The summed E-state index contributed by atoms with van der Waals surface area (Å²) in [6.45, 7) is 2.76. The average Bonchev–Trinajstić information content (AvgIpc) is 2.45. The molecule has 2 aromatic rings. The van der Waals surface area contributed by atoms with Gasteiger partial charge in [0.05, 0.1) is 0 Å². The van der Waals surface area contributed by atoms with Crippen molar-refractivity contribution < 1.29 is 4.79 Å². The van der Waals surface area contributed by atoms with Crippen LogP contribution in [0.25, 0.3) is 0 Å². The quantitative estimate of drug-likeness (QED) is 0.820. The van der Waals surface area contributed by atoms with Crippen molar-refractivity contribution in [3.63, 3.8) is 0 Å². The number of hydrogen-bond acceptors (Lipinski definition) is 1. The maximum Gasteiger partial charge on any atom is 0.251 e. The van der Waals surface area contributed by atoms with Crippen LogP contribution in [0, 0.1) is 3.57 Å². The fraction of sp³-hybridized carbons (Fsp3) is 0.188. The van der Waals surface area contributed by atoms with Crippen molar-refractivity contribution in [3.8, 4) is 0 Å². The molecular weight excluding hydrogens is 349 g/mol. The predicted molar refractivity (Wildman–Crippen MR) is 86.3 cm³/mol. The molecule has 0 aliphatic carbocycles. The predicted octanol–water partition coefficient (Wildman–Crippen LogP) is 3.82. The molecule has 0 aromatic heterocycles. The van der Waals surface area contributed by atoms with E-state index in [9.17, 15) is 4.79 Å². The Hall–Kier alpha value is -1.36. The highest BCUT2D eigenvalue weighted by molar-refractivity contribution is 14.1. The van der Waals surface area contributed by atoms with E-state index < -0.39 is 0 Å². The van der Waals surface area contributed by atoms with E-state index in [0.717, 1.165) is 3.57 Å². The third-order valence-electron chi connectivity index (χ3n) is 3.02. The summed E-state index contributed by atoms with van der Waals surface area (Å²) in [6.07, 6.45) is 0. The van der Waals surface area contributed by atoms with Gasteiger partial charge in [0.25, 0.3) is 5.91 Å². The molecule has 2 nitrogen and oxygen atoms in total. The van der Waals surface area contributed by atoms with Gasteiger partial charge in [0.1, 0.15) is 0 Å². The summed E-state index contributed by atoms with van der Waals surface area (Å²) in [5, 5.41) is 2.98. The van der Waals surface area contributed by atoms with Gasteiger partial charge in [-0.05, 0) is 52.3 Å². The lowest BCUT2D eigenvalue weighted by Crippen LogP contribution is -2.27. The molecule has 2 rings (SSSR count). The zero-order chi connectivity index (χ0) is 13.7. The Morgan fingerprint density at radius 3 is 2.58 bits per heavy atom. The number of carbonyl (C=O) groups excluding carboxylic acids is 1. The Kier molecular flexibility index (Phi) is 4.96. The number of carbonyl (C=O) groups is 1. The van der Waals surface area contributed by atoms with E-state index in [2.05, 4.69) is 47.0 Å². The Bertz CT molecular complexity index is 554. The van der Waals surface area contributed by atoms with Crippen molar-refractivity contribution in [2.24, 2.45) is 0 Å². The van der Waals surface area contributed by atoms with E-state index in [1.807, 2.05) is 42.5 Å². The summed E-state index contributed by atoms with van der Waals surface area (Å²) in [7, 11) is 0. The van der Waals surface area contributed by atoms with Crippen LogP contribution in [0.3, 0.4) is 0 Å². The first-order valence-electron chi connectivity index (χ1n) is 6.25. The zero-order valence-corrected chi connectivity index (χ0v) is 12.9.